The van der Waals surface area contributed by atoms with Gasteiger partial charge in [0.15, 0.2) is 0 Å². The molecular formula is C14H19ClN2O4S. The number of nitro groups is 1. The number of rotatable bonds is 4. The predicted octanol–water partition coefficient (Wildman–Crippen LogP) is 3.35. The Hall–Kier alpha value is -1.18. The van der Waals surface area contributed by atoms with Crippen molar-refractivity contribution in [3.05, 3.63) is 33.3 Å². The highest BCUT2D eigenvalue weighted by Gasteiger charge is 2.31. The van der Waals surface area contributed by atoms with E-state index in [2.05, 4.69) is 11.6 Å². The largest absolute Gasteiger partial charge is 0.289 e. The van der Waals surface area contributed by atoms with Crippen LogP contribution in [0.5, 0.6) is 0 Å². The van der Waals surface area contributed by atoms with E-state index in [1.54, 1.807) is 0 Å². The number of nitro benzene ring substituents is 1. The summed E-state index contributed by atoms with van der Waals surface area (Å²) < 4.78 is 27.6. The van der Waals surface area contributed by atoms with E-state index in [0.717, 1.165) is 25.3 Å². The molecule has 0 bridgehead atoms. The number of benzene rings is 1. The quantitative estimate of drug-likeness (QED) is 0.668. The maximum absolute atomic E-state index is 12.5. The molecule has 0 aliphatic heterocycles. The summed E-state index contributed by atoms with van der Waals surface area (Å²) in [5.74, 6) is 0.673. The maximum atomic E-state index is 12.5. The van der Waals surface area contributed by atoms with Crippen LogP contribution in [0.1, 0.15) is 33.1 Å². The van der Waals surface area contributed by atoms with Crippen molar-refractivity contribution < 1.29 is 13.3 Å². The Morgan fingerprint density at radius 1 is 1.32 bits per heavy atom. The zero-order valence-electron chi connectivity index (χ0n) is 12.5. The van der Waals surface area contributed by atoms with E-state index in [-0.39, 0.29) is 21.9 Å². The summed E-state index contributed by atoms with van der Waals surface area (Å²) in [7, 11) is -3.80. The molecule has 6 nitrogen and oxygen atoms in total. The van der Waals surface area contributed by atoms with Crippen LogP contribution in [-0.4, -0.2) is 19.4 Å². The van der Waals surface area contributed by atoms with E-state index in [4.69, 9.17) is 11.6 Å². The molecule has 8 heteroatoms. The van der Waals surface area contributed by atoms with Crippen molar-refractivity contribution in [2.24, 2.45) is 11.8 Å². The Morgan fingerprint density at radius 3 is 2.64 bits per heavy atom. The Bertz CT molecular complexity index is 677. The third-order valence-corrected chi connectivity index (χ3v) is 6.25. The van der Waals surface area contributed by atoms with Crippen molar-refractivity contribution in [3.8, 4) is 0 Å². The fraction of sp³-hybridized carbons (Fsp3) is 0.571. The van der Waals surface area contributed by atoms with Crippen molar-refractivity contribution in [1.82, 2.24) is 4.72 Å². The molecule has 2 rings (SSSR count). The van der Waals surface area contributed by atoms with E-state index >= 15 is 0 Å². The van der Waals surface area contributed by atoms with Crippen molar-refractivity contribution in [2.75, 3.05) is 0 Å². The van der Waals surface area contributed by atoms with Crippen LogP contribution in [0.3, 0.4) is 0 Å². The zero-order valence-corrected chi connectivity index (χ0v) is 14.0. The van der Waals surface area contributed by atoms with E-state index in [0.29, 0.717) is 5.92 Å². The molecule has 1 aromatic rings. The normalized spacial score (nSPS) is 25.9. The minimum absolute atomic E-state index is 0.0800. The van der Waals surface area contributed by atoms with Crippen LogP contribution in [0.15, 0.2) is 23.1 Å². The fourth-order valence-corrected chi connectivity index (χ4v) is 4.38. The monoisotopic (exact) mass is 346 g/mol. The minimum atomic E-state index is -3.80. The first-order valence-corrected chi connectivity index (χ1v) is 9.05. The highest BCUT2D eigenvalue weighted by molar-refractivity contribution is 7.89. The minimum Gasteiger partial charge on any atom is -0.258 e. The van der Waals surface area contributed by atoms with Crippen molar-refractivity contribution in [2.45, 2.75) is 44.0 Å². The van der Waals surface area contributed by atoms with Gasteiger partial charge in [0.25, 0.3) is 5.69 Å². The SMILES string of the molecule is C[C@H]1[C@@H](NS(=O)(=O)c2ccc(Cl)c([N+](=O)[O-])c2)CCC[C@@H]1C. The second kappa shape index (κ2) is 6.52. The molecule has 22 heavy (non-hydrogen) atoms. The molecular weight excluding hydrogens is 328 g/mol. The van der Waals surface area contributed by atoms with Gasteiger partial charge in [-0.15, -0.1) is 0 Å². The summed E-state index contributed by atoms with van der Waals surface area (Å²) in [5, 5.41) is 10.8. The van der Waals surface area contributed by atoms with Gasteiger partial charge in [-0.1, -0.05) is 38.3 Å². The van der Waals surface area contributed by atoms with Gasteiger partial charge in [0, 0.05) is 12.1 Å². The number of hydrogen-bond donors (Lipinski definition) is 1. The van der Waals surface area contributed by atoms with Crippen LogP contribution < -0.4 is 4.72 Å². The third-order valence-electron chi connectivity index (χ3n) is 4.44. The molecule has 0 unspecified atom stereocenters. The highest BCUT2D eigenvalue weighted by atomic mass is 35.5. The predicted molar refractivity (Wildman–Crippen MR) is 84.4 cm³/mol. The maximum Gasteiger partial charge on any atom is 0.289 e. The molecule has 1 fully saturated rings. The summed E-state index contributed by atoms with van der Waals surface area (Å²) in [6, 6.07) is 3.38. The molecule has 122 valence electrons. The van der Waals surface area contributed by atoms with Crippen LogP contribution in [-0.2, 0) is 10.0 Å². The number of sulfonamides is 1. The Morgan fingerprint density at radius 2 is 2.00 bits per heavy atom. The molecule has 0 saturated heterocycles. The van der Waals surface area contributed by atoms with Gasteiger partial charge >= 0.3 is 0 Å². The molecule has 1 aromatic carbocycles. The summed E-state index contributed by atoms with van der Waals surface area (Å²) in [6.45, 7) is 4.14. The summed E-state index contributed by atoms with van der Waals surface area (Å²) >= 11 is 5.72. The van der Waals surface area contributed by atoms with E-state index in [1.807, 2.05) is 6.92 Å². The number of nitrogens with one attached hydrogen (secondary N) is 1. The van der Waals surface area contributed by atoms with Crippen LogP contribution >= 0.6 is 11.6 Å². The highest BCUT2D eigenvalue weighted by Crippen LogP contribution is 2.31. The van der Waals surface area contributed by atoms with Crippen molar-refractivity contribution >= 4 is 27.3 Å². The molecule has 1 aliphatic carbocycles. The summed E-state index contributed by atoms with van der Waals surface area (Å²) in [6.07, 6.45) is 2.84. The lowest BCUT2D eigenvalue weighted by atomic mass is 9.78. The van der Waals surface area contributed by atoms with E-state index in [1.165, 1.54) is 12.1 Å². The first kappa shape index (κ1) is 17.2. The van der Waals surface area contributed by atoms with Gasteiger partial charge in [-0.25, -0.2) is 13.1 Å². The van der Waals surface area contributed by atoms with Crippen LogP contribution in [0, 0.1) is 22.0 Å². The van der Waals surface area contributed by atoms with E-state index in [9.17, 15) is 18.5 Å². The Labute approximate surface area is 135 Å². The number of nitrogens with zero attached hydrogens (tertiary/aromatic N) is 1. The standard InChI is InChI=1S/C14H19ClN2O4S/c1-9-4-3-5-13(10(9)2)16-22(20,21)11-6-7-12(15)14(8-11)17(18)19/h6-10,13,16H,3-5H2,1-2H3/t9-,10+,13-/m0/s1. The van der Waals surface area contributed by atoms with Crippen molar-refractivity contribution in [3.63, 3.8) is 0 Å². The summed E-state index contributed by atoms with van der Waals surface area (Å²) in [5.41, 5.74) is -0.408. The molecule has 0 heterocycles. The number of halogens is 1. The van der Waals surface area contributed by atoms with Crippen molar-refractivity contribution in [1.29, 1.82) is 0 Å². The Balaban J connectivity index is 2.27. The topological polar surface area (TPSA) is 89.3 Å². The molecule has 0 amide bonds. The first-order valence-electron chi connectivity index (χ1n) is 7.18. The molecule has 0 spiro atoms. The summed E-state index contributed by atoms with van der Waals surface area (Å²) in [4.78, 5) is 10.1. The van der Waals surface area contributed by atoms with Gasteiger partial charge in [0.2, 0.25) is 10.0 Å². The second-order valence-electron chi connectivity index (χ2n) is 5.87. The second-order valence-corrected chi connectivity index (χ2v) is 7.99. The Kier molecular flexibility index (Phi) is 5.09. The molecule has 1 saturated carbocycles. The van der Waals surface area contributed by atoms with Crippen LogP contribution in [0.25, 0.3) is 0 Å². The van der Waals surface area contributed by atoms with Gasteiger partial charge in [0.1, 0.15) is 5.02 Å². The first-order chi connectivity index (χ1) is 10.2. The lowest BCUT2D eigenvalue weighted by Gasteiger charge is -2.34. The number of hydrogen-bond acceptors (Lipinski definition) is 4. The molecule has 1 N–H and O–H groups in total. The smallest absolute Gasteiger partial charge is 0.258 e. The van der Waals surface area contributed by atoms with E-state index < -0.39 is 20.6 Å². The lowest BCUT2D eigenvalue weighted by molar-refractivity contribution is -0.384. The average Bonchev–Trinajstić information content (AvgIpc) is 2.43. The van der Waals surface area contributed by atoms with Gasteiger partial charge in [0.05, 0.1) is 9.82 Å². The average molecular weight is 347 g/mol. The van der Waals surface area contributed by atoms with Gasteiger partial charge in [-0.3, -0.25) is 10.1 Å². The third kappa shape index (κ3) is 3.59. The van der Waals surface area contributed by atoms with Crippen LogP contribution in [0.4, 0.5) is 5.69 Å². The molecule has 3 atom stereocenters. The van der Waals surface area contributed by atoms with Gasteiger partial charge < -0.3 is 0 Å². The van der Waals surface area contributed by atoms with Gasteiger partial charge in [-0.2, -0.15) is 0 Å². The van der Waals surface area contributed by atoms with Gasteiger partial charge in [-0.05, 0) is 30.4 Å². The molecule has 0 aromatic heterocycles. The molecule has 0 radical (unpaired) electrons. The van der Waals surface area contributed by atoms with Crippen LogP contribution in [0.2, 0.25) is 5.02 Å². The molecule has 1 aliphatic rings. The fourth-order valence-electron chi connectivity index (χ4n) is 2.82. The zero-order chi connectivity index (χ0) is 16.5. The lowest BCUT2D eigenvalue weighted by Crippen LogP contribution is -2.43.